The van der Waals surface area contributed by atoms with Gasteiger partial charge >= 0.3 is 5.97 Å². The number of ether oxygens (including phenoxy) is 1. The Morgan fingerprint density at radius 3 is 2.20 bits per heavy atom. The standard InChI is InChI=1S/C13H16O2/c1-9(2)11-5-7-12(8-6-11)15-13(14)10(3)4/h5-9H,3H2,1-2,4H3. The van der Waals surface area contributed by atoms with Crippen molar-refractivity contribution in [2.75, 3.05) is 0 Å². The van der Waals surface area contributed by atoms with Crippen LogP contribution in [0, 0.1) is 0 Å². The Morgan fingerprint density at radius 1 is 1.27 bits per heavy atom. The third-order valence-corrected chi connectivity index (χ3v) is 2.11. The number of hydrogen-bond donors (Lipinski definition) is 0. The molecule has 0 radical (unpaired) electrons. The summed E-state index contributed by atoms with van der Waals surface area (Å²) < 4.78 is 5.07. The van der Waals surface area contributed by atoms with Gasteiger partial charge in [-0.3, -0.25) is 0 Å². The topological polar surface area (TPSA) is 26.3 Å². The zero-order chi connectivity index (χ0) is 11.4. The van der Waals surface area contributed by atoms with Crippen molar-refractivity contribution in [2.45, 2.75) is 26.7 Å². The lowest BCUT2D eigenvalue weighted by molar-refractivity contribution is -0.130. The molecule has 1 rings (SSSR count). The molecule has 1 aromatic rings. The largest absolute Gasteiger partial charge is 0.423 e. The molecule has 0 bridgehead atoms. The summed E-state index contributed by atoms with van der Waals surface area (Å²) in [6.07, 6.45) is 0. The SMILES string of the molecule is C=C(C)C(=O)Oc1ccc(C(C)C)cc1. The third kappa shape index (κ3) is 3.24. The van der Waals surface area contributed by atoms with Gasteiger partial charge in [-0.25, -0.2) is 4.79 Å². The summed E-state index contributed by atoms with van der Waals surface area (Å²) in [7, 11) is 0. The minimum absolute atomic E-state index is 0.382. The van der Waals surface area contributed by atoms with Gasteiger partial charge in [0.05, 0.1) is 0 Å². The second-order valence-electron chi connectivity index (χ2n) is 3.89. The number of carbonyl (C=O) groups is 1. The highest BCUT2D eigenvalue weighted by molar-refractivity contribution is 5.88. The number of hydrogen-bond acceptors (Lipinski definition) is 2. The molecule has 0 amide bonds. The fourth-order valence-corrected chi connectivity index (χ4v) is 1.11. The van der Waals surface area contributed by atoms with Gasteiger partial charge in [0.15, 0.2) is 0 Å². The van der Waals surface area contributed by atoms with E-state index < -0.39 is 0 Å². The van der Waals surface area contributed by atoms with Crippen molar-refractivity contribution in [1.29, 1.82) is 0 Å². The molecule has 80 valence electrons. The van der Waals surface area contributed by atoms with Gasteiger partial charge in [0.1, 0.15) is 5.75 Å². The number of carbonyl (C=O) groups excluding carboxylic acids is 1. The Morgan fingerprint density at radius 2 is 1.80 bits per heavy atom. The van der Waals surface area contributed by atoms with Gasteiger partial charge in [-0.1, -0.05) is 32.6 Å². The zero-order valence-electron chi connectivity index (χ0n) is 9.41. The Balaban J connectivity index is 2.73. The number of rotatable bonds is 3. The van der Waals surface area contributed by atoms with Crippen molar-refractivity contribution in [1.82, 2.24) is 0 Å². The average molecular weight is 204 g/mol. The van der Waals surface area contributed by atoms with E-state index in [1.807, 2.05) is 12.1 Å². The lowest BCUT2D eigenvalue weighted by Crippen LogP contribution is -2.08. The van der Waals surface area contributed by atoms with Crippen molar-refractivity contribution in [3.05, 3.63) is 42.0 Å². The summed E-state index contributed by atoms with van der Waals surface area (Å²) in [5, 5.41) is 0. The molecule has 15 heavy (non-hydrogen) atoms. The Hall–Kier alpha value is -1.57. The van der Waals surface area contributed by atoms with Crippen LogP contribution in [-0.4, -0.2) is 5.97 Å². The highest BCUT2D eigenvalue weighted by Crippen LogP contribution is 2.18. The van der Waals surface area contributed by atoms with Crippen molar-refractivity contribution in [3.8, 4) is 5.75 Å². The van der Waals surface area contributed by atoms with Crippen LogP contribution in [0.3, 0.4) is 0 Å². The van der Waals surface area contributed by atoms with Crippen LogP contribution in [0.4, 0.5) is 0 Å². The lowest BCUT2D eigenvalue weighted by atomic mass is 10.0. The van der Waals surface area contributed by atoms with Gasteiger partial charge < -0.3 is 4.74 Å². The second kappa shape index (κ2) is 4.78. The van der Waals surface area contributed by atoms with Crippen molar-refractivity contribution < 1.29 is 9.53 Å². The van der Waals surface area contributed by atoms with E-state index >= 15 is 0 Å². The Kier molecular flexibility index (Phi) is 3.67. The highest BCUT2D eigenvalue weighted by Gasteiger charge is 2.05. The molecule has 2 heteroatoms. The van der Waals surface area contributed by atoms with Crippen LogP contribution in [0.2, 0.25) is 0 Å². The molecule has 0 aliphatic carbocycles. The normalized spacial score (nSPS) is 10.1. The molecule has 0 saturated carbocycles. The van der Waals surface area contributed by atoms with E-state index in [9.17, 15) is 4.79 Å². The zero-order valence-corrected chi connectivity index (χ0v) is 9.41. The minimum Gasteiger partial charge on any atom is -0.423 e. The molecule has 0 fully saturated rings. The predicted molar refractivity (Wildman–Crippen MR) is 61.0 cm³/mol. The molecule has 0 aromatic heterocycles. The highest BCUT2D eigenvalue weighted by atomic mass is 16.5. The summed E-state index contributed by atoms with van der Waals surface area (Å²) >= 11 is 0. The summed E-state index contributed by atoms with van der Waals surface area (Å²) in [5.74, 6) is 0.663. The van der Waals surface area contributed by atoms with Gasteiger partial charge in [-0.2, -0.15) is 0 Å². The molecular weight excluding hydrogens is 188 g/mol. The van der Waals surface area contributed by atoms with Crippen LogP contribution in [0.25, 0.3) is 0 Å². The third-order valence-electron chi connectivity index (χ3n) is 2.11. The molecule has 0 aliphatic heterocycles. The maximum atomic E-state index is 11.2. The summed E-state index contributed by atoms with van der Waals surface area (Å²) in [6, 6.07) is 7.53. The lowest BCUT2D eigenvalue weighted by Gasteiger charge is -2.07. The van der Waals surface area contributed by atoms with Crippen molar-refractivity contribution in [3.63, 3.8) is 0 Å². The van der Waals surface area contributed by atoms with Crippen LogP contribution in [0.15, 0.2) is 36.4 Å². The average Bonchev–Trinajstić information content (AvgIpc) is 2.18. The van der Waals surface area contributed by atoms with E-state index in [1.165, 1.54) is 5.56 Å². The number of benzene rings is 1. The molecule has 0 spiro atoms. The Labute approximate surface area is 90.6 Å². The smallest absolute Gasteiger partial charge is 0.338 e. The van der Waals surface area contributed by atoms with Crippen LogP contribution in [0.1, 0.15) is 32.3 Å². The van der Waals surface area contributed by atoms with E-state index in [2.05, 4.69) is 20.4 Å². The summed E-state index contributed by atoms with van der Waals surface area (Å²) in [5.41, 5.74) is 1.63. The molecule has 0 heterocycles. The number of esters is 1. The van der Waals surface area contributed by atoms with E-state index in [0.717, 1.165) is 0 Å². The maximum Gasteiger partial charge on any atom is 0.338 e. The molecule has 2 nitrogen and oxygen atoms in total. The van der Waals surface area contributed by atoms with Crippen molar-refractivity contribution in [2.24, 2.45) is 0 Å². The quantitative estimate of drug-likeness (QED) is 0.429. The second-order valence-corrected chi connectivity index (χ2v) is 3.89. The fourth-order valence-electron chi connectivity index (χ4n) is 1.11. The molecule has 0 unspecified atom stereocenters. The van der Waals surface area contributed by atoms with E-state index in [1.54, 1.807) is 19.1 Å². The first-order valence-corrected chi connectivity index (χ1v) is 4.98. The first kappa shape index (κ1) is 11.5. The first-order chi connectivity index (χ1) is 7.00. The molecule has 0 saturated heterocycles. The van der Waals surface area contributed by atoms with Gasteiger partial charge in [0, 0.05) is 5.57 Å². The monoisotopic (exact) mass is 204 g/mol. The van der Waals surface area contributed by atoms with E-state index in [-0.39, 0.29) is 5.97 Å². The summed E-state index contributed by atoms with van der Waals surface area (Å²) in [6.45, 7) is 9.39. The fraction of sp³-hybridized carbons (Fsp3) is 0.308. The minimum atomic E-state index is -0.382. The van der Waals surface area contributed by atoms with Crippen LogP contribution in [-0.2, 0) is 4.79 Å². The molecule has 0 N–H and O–H groups in total. The molecular formula is C13H16O2. The van der Waals surface area contributed by atoms with E-state index in [0.29, 0.717) is 17.2 Å². The Bertz CT molecular complexity index is 361. The van der Waals surface area contributed by atoms with E-state index in [4.69, 9.17) is 4.74 Å². The maximum absolute atomic E-state index is 11.2. The van der Waals surface area contributed by atoms with Crippen LogP contribution < -0.4 is 4.74 Å². The van der Waals surface area contributed by atoms with Gasteiger partial charge in [-0.15, -0.1) is 0 Å². The van der Waals surface area contributed by atoms with Gasteiger partial charge in [0.25, 0.3) is 0 Å². The van der Waals surface area contributed by atoms with Crippen molar-refractivity contribution >= 4 is 5.97 Å². The molecule has 0 aliphatic rings. The predicted octanol–water partition coefficient (Wildman–Crippen LogP) is 3.29. The molecule has 1 aromatic carbocycles. The van der Waals surface area contributed by atoms with Gasteiger partial charge in [0.2, 0.25) is 0 Å². The summed E-state index contributed by atoms with van der Waals surface area (Å²) in [4.78, 5) is 11.2. The first-order valence-electron chi connectivity index (χ1n) is 4.98. The van der Waals surface area contributed by atoms with Crippen LogP contribution in [0.5, 0.6) is 5.75 Å². The molecule has 0 atom stereocenters. The van der Waals surface area contributed by atoms with Crippen LogP contribution >= 0.6 is 0 Å². The van der Waals surface area contributed by atoms with Gasteiger partial charge in [-0.05, 0) is 30.5 Å².